The van der Waals surface area contributed by atoms with Crippen molar-refractivity contribution in [3.63, 3.8) is 0 Å². The number of rotatable bonds is 10. The molecule has 6 rings (SSSR count). The highest BCUT2D eigenvalue weighted by molar-refractivity contribution is 7.89. The number of ether oxygens (including phenoxy) is 3. The lowest BCUT2D eigenvalue weighted by Gasteiger charge is -2.34. The Hall–Kier alpha value is -3.79. The van der Waals surface area contributed by atoms with Crippen molar-refractivity contribution in [3.05, 3.63) is 77.9 Å². The lowest BCUT2D eigenvalue weighted by Crippen LogP contribution is -2.48. The van der Waals surface area contributed by atoms with Gasteiger partial charge in [-0.05, 0) is 94.4 Å². The minimum absolute atomic E-state index is 0.00357. The van der Waals surface area contributed by atoms with Crippen LogP contribution in [-0.4, -0.2) is 127 Å². The van der Waals surface area contributed by atoms with Gasteiger partial charge < -0.3 is 24.8 Å². The van der Waals surface area contributed by atoms with Crippen molar-refractivity contribution >= 4 is 53.3 Å². The molecule has 0 spiro atoms. The Bertz CT molecular complexity index is 2210. The molecular formula is C36H45N5O11S3. The Morgan fingerprint density at radius 3 is 1.31 bits per heavy atom. The summed E-state index contributed by atoms with van der Waals surface area (Å²) in [5, 5.41) is 5.37. The number of sulfonamides is 3. The van der Waals surface area contributed by atoms with E-state index in [1.54, 1.807) is 27.7 Å². The molecule has 3 fully saturated rings. The van der Waals surface area contributed by atoms with Crippen molar-refractivity contribution in [2.75, 3.05) is 63.1 Å². The highest BCUT2D eigenvalue weighted by Gasteiger charge is 2.34. The topological polar surface area (TPSA) is 198 Å². The van der Waals surface area contributed by atoms with Crippen LogP contribution in [0.15, 0.2) is 81.4 Å². The fourth-order valence-electron chi connectivity index (χ4n) is 6.73. The normalized spacial score (nSPS) is 23.6. The first kappa shape index (κ1) is 40.9. The number of carbonyl (C=O) groups is 2. The lowest BCUT2D eigenvalue weighted by molar-refractivity contribution is -0.0442. The quantitative estimate of drug-likeness (QED) is 0.305. The maximum absolute atomic E-state index is 13.6. The number of amides is 2. The van der Waals surface area contributed by atoms with E-state index in [0.717, 1.165) is 0 Å². The van der Waals surface area contributed by atoms with Gasteiger partial charge in [0.2, 0.25) is 30.1 Å². The number of nitrogens with one attached hydrogen (secondary N) is 2. The van der Waals surface area contributed by atoms with E-state index < -0.39 is 41.9 Å². The van der Waals surface area contributed by atoms with Crippen LogP contribution in [0.3, 0.4) is 0 Å². The molecule has 55 heavy (non-hydrogen) atoms. The summed E-state index contributed by atoms with van der Waals surface area (Å²) in [4.78, 5) is 26.9. The van der Waals surface area contributed by atoms with Crippen molar-refractivity contribution in [2.24, 2.45) is 0 Å². The number of carbonyl (C=O) groups excluding carboxylic acids is 2. The summed E-state index contributed by atoms with van der Waals surface area (Å²) in [5.41, 5.74) is 0.186. The third-order valence-corrected chi connectivity index (χ3v) is 15.0. The molecule has 0 aromatic heterocycles. The number of hydrogen-bond donors (Lipinski definition) is 2. The fourth-order valence-corrected chi connectivity index (χ4v) is 11.3. The molecule has 19 heteroatoms. The van der Waals surface area contributed by atoms with Gasteiger partial charge in [0, 0.05) is 50.4 Å². The summed E-state index contributed by atoms with van der Waals surface area (Å²) >= 11 is 0. The zero-order chi connectivity index (χ0) is 39.7. The molecular weight excluding hydrogens is 775 g/mol. The average molecular weight is 820 g/mol. The highest BCUT2D eigenvalue weighted by atomic mass is 32.2. The van der Waals surface area contributed by atoms with Gasteiger partial charge in [-0.3, -0.25) is 9.59 Å². The molecule has 3 heterocycles. The van der Waals surface area contributed by atoms with Gasteiger partial charge in [-0.25, -0.2) is 25.3 Å². The molecule has 0 unspecified atom stereocenters. The molecule has 298 valence electrons. The van der Waals surface area contributed by atoms with Crippen LogP contribution in [-0.2, 0) is 44.3 Å². The third-order valence-electron chi connectivity index (χ3n) is 9.38. The zero-order valence-electron chi connectivity index (χ0n) is 30.9. The molecule has 3 aromatic rings. The summed E-state index contributed by atoms with van der Waals surface area (Å²) < 4.78 is 101. The van der Waals surface area contributed by atoms with Crippen LogP contribution in [0.2, 0.25) is 0 Å². The Labute approximate surface area is 321 Å². The van der Waals surface area contributed by atoms with E-state index in [2.05, 4.69) is 10.6 Å². The van der Waals surface area contributed by atoms with Crippen LogP contribution in [0, 0.1) is 0 Å². The molecule has 4 atom stereocenters. The second-order valence-electron chi connectivity index (χ2n) is 13.8. The molecule has 0 bridgehead atoms. The van der Waals surface area contributed by atoms with Crippen molar-refractivity contribution in [3.8, 4) is 0 Å². The van der Waals surface area contributed by atoms with Crippen molar-refractivity contribution in [2.45, 2.75) is 66.8 Å². The van der Waals surface area contributed by atoms with E-state index in [1.165, 1.54) is 79.6 Å². The standard InChI is InChI=1S/C36H45N5O11S3/c1-24-20-40(21-25(2)51-24)53(44,45)30-9-5-28(6-10-30)35(42)37-33-14-13-32(55(48,49)39-15-17-50-18-16-39)19-34(33)38-36(43)29-7-11-31(12-8-29)54(46,47)41-22-26(3)52-27(4)23-41/h5-14,19,24-27H,15-18,20-23H2,1-4H3,(H,37,42)(H,38,43)/t24-,25-,26-,27+/m1/s1. The monoisotopic (exact) mass is 819 g/mol. The smallest absolute Gasteiger partial charge is 0.255 e. The number of benzene rings is 3. The first-order valence-corrected chi connectivity index (χ1v) is 22.1. The van der Waals surface area contributed by atoms with Crippen LogP contribution in [0.1, 0.15) is 48.4 Å². The lowest BCUT2D eigenvalue weighted by atomic mass is 10.2. The number of morpholine rings is 3. The fraction of sp³-hybridized carbons (Fsp3) is 0.444. The highest BCUT2D eigenvalue weighted by Crippen LogP contribution is 2.30. The van der Waals surface area contributed by atoms with E-state index in [1.807, 2.05) is 0 Å². The summed E-state index contributed by atoms with van der Waals surface area (Å²) in [6, 6.07) is 14.6. The molecule has 2 amide bonds. The Morgan fingerprint density at radius 2 is 0.891 bits per heavy atom. The number of nitrogens with zero attached hydrogens (tertiary/aromatic N) is 3. The number of anilines is 2. The van der Waals surface area contributed by atoms with E-state index in [9.17, 15) is 34.8 Å². The third kappa shape index (κ3) is 9.11. The van der Waals surface area contributed by atoms with Crippen LogP contribution in [0.4, 0.5) is 11.4 Å². The van der Waals surface area contributed by atoms with Crippen LogP contribution < -0.4 is 10.6 Å². The van der Waals surface area contributed by atoms with Crippen molar-refractivity contribution < 1.29 is 49.1 Å². The van der Waals surface area contributed by atoms with E-state index in [0.29, 0.717) is 0 Å². The van der Waals surface area contributed by atoms with Crippen LogP contribution in [0.25, 0.3) is 0 Å². The molecule has 0 radical (unpaired) electrons. The molecule has 0 aliphatic carbocycles. The number of hydrogen-bond acceptors (Lipinski definition) is 11. The molecule has 2 N–H and O–H groups in total. The Kier molecular flexibility index (Phi) is 12.2. The van der Waals surface area contributed by atoms with Gasteiger partial charge in [0.25, 0.3) is 11.8 Å². The van der Waals surface area contributed by atoms with Gasteiger partial charge in [-0.15, -0.1) is 0 Å². The van der Waals surface area contributed by atoms with E-state index >= 15 is 0 Å². The minimum atomic E-state index is -4.02. The molecule has 3 aromatic carbocycles. The Balaban J connectivity index is 1.24. The summed E-state index contributed by atoms with van der Waals surface area (Å²) in [6.07, 6.45) is -1.13. The summed E-state index contributed by atoms with van der Waals surface area (Å²) in [6.45, 7) is 8.63. The predicted octanol–water partition coefficient (Wildman–Crippen LogP) is 2.81. The second-order valence-corrected chi connectivity index (χ2v) is 19.7. The predicted molar refractivity (Wildman–Crippen MR) is 202 cm³/mol. The molecule has 3 aliphatic rings. The Morgan fingerprint density at radius 1 is 0.527 bits per heavy atom. The first-order valence-electron chi connectivity index (χ1n) is 17.8. The molecule has 0 saturated carbocycles. The largest absolute Gasteiger partial charge is 0.379 e. The van der Waals surface area contributed by atoms with E-state index in [-0.39, 0.29) is 114 Å². The van der Waals surface area contributed by atoms with Gasteiger partial charge in [0.1, 0.15) is 0 Å². The second kappa shape index (κ2) is 16.4. The van der Waals surface area contributed by atoms with Gasteiger partial charge in [-0.2, -0.15) is 12.9 Å². The SMILES string of the molecule is C[C@@H]1CN(S(=O)(=O)c2ccc(C(=O)Nc3ccc(S(=O)(=O)N4CCOCC4)cc3NC(=O)c3ccc(S(=O)(=O)N4C[C@@H](C)O[C@@H](C)C4)cc3)cc2)C[C@@H](C)O1. The zero-order valence-corrected chi connectivity index (χ0v) is 33.3. The average Bonchev–Trinajstić information content (AvgIpc) is 3.15. The van der Waals surface area contributed by atoms with E-state index in [4.69, 9.17) is 14.2 Å². The van der Waals surface area contributed by atoms with Crippen molar-refractivity contribution in [1.82, 2.24) is 12.9 Å². The van der Waals surface area contributed by atoms with Crippen LogP contribution in [0.5, 0.6) is 0 Å². The molecule has 16 nitrogen and oxygen atoms in total. The maximum atomic E-state index is 13.6. The van der Waals surface area contributed by atoms with Crippen molar-refractivity contribution in [1.29, 1.82) is 0 Å². The van der Waals surface area contributed by atoms with Gasteiger partial charge >= 0.3 is 0 Å². The molecule has 3 saturated heterocycles. The van der Waals surface area contributed by atoms with Crippen LogP contribution >= 0.6 is 0 Å². The maximum Gasteiger partial charge on any atom is 0.255 e. The summed E-state index contributed by atoms with van der Waals surface area (Å²) in [7, 11) is -11.8. The minimum Gasteiger partial charge on any atom is -0.379 e. The van der Waals surface area contributed by atoms with Gasteiger partial charge in [0.15, 0.2) is 0 Å². The van der Waals surface area contributed by atoms with Gasteiger partial charge in [0.05, 0.1) is 63.7 Å². The summed E-state index contributed by atoms with van der Waals surface area (Å²) in [5.74, 6) is -1.35. The first-order chi connectivity index (χ1) is 25.9. The van der Waals surface area contributed by atoms with Gasteiger partial charge in [-0.1, -0.05) is 0 Å². The molecule has 3 aliphatic heterocycles.